The average molecular weight is 304 g/mol. The molecular formula is C15H17FN4O2. The van der Waals surface area contributed by atoms with Crippen LogP contribution in [0.1, 0.15) is 12.6 Å². The maximum absolute atomic E-state index is 13.0. The van der Waals surface area contributed by atoms with E-state index in [0.717, 1.165) is 5.69 Å². The number of nitrogens with zero attached hydrogens (tertiary/aromatic N) is 2. The Morgan fingerprint density at radius 1 is 1.36 bits per heavy atom. The SMILES string of the molecule is CCc1cc(=O)n(CCNC(=O)Nc2cccc(F)c2)cn1. The molecule has 0 aliphatic rings. The van der Waals surface area contributed by atoms with E-state index in [1.165, 1.54) is 35.2 Å². The zero-order valence-electron chi connectivity index (χ0n) is 12.2. The van der Waals surface area contributed by atoms with E-state index in [-0.39, 0.29) is 12.1 Å². The maximum Gasteiger partial charge on any atom is 0.319 e. The molecule has 7 heteroatoms. The number of hydrogen-bond donors (Lipinski definition) is 2. The molecule has 0 aliphatic carbocycles. The summed E-state index contributed by atoms with van der Waals surface area (Å²) in [4.78, 5) is 27.5. The van der Waals surface area contributed by atoms with Gasteiger partial charge in [-0.2, -0.15) is 0 Å². The minimum absolute atomic E-state index is 0.154. The summed E-state index contributed by atoms with van der Waals surface area (Å²) in [6.07, 6.45) is 2.16. The van der Waals surface area contributed by atoms with E-state index in [4.69, 9.17) is 0 Å². The fourth-order valence-electron chi connectivity index (χ4n) is 1.86. The van der Waals surface area contributed by atoms with E-state index >= 15 is 0 Å². The summed E-state index contributed by atoms with van der Waals surface area (Å²) in [5.41, 5.74) is 0.945. The first-order chi connectivity index (χ1) is 10.6. The number of anilines is 1. The number of aryl methyl sites for hydroxylation is 1. The van der Waals surface area contributed by atoms with Gasteiger partial charge in [0.15, 0.2) is 0 Å². The fourth-order valence-corrected chi connectivity index (χ4v) is 1.86. The number of carbonyl (C=O) groups is 1. The van der Waals surface area contributed by atoms with Crippen LogP contribution in [0.3, 0.4) is 0 Å². The quantitative estimate of drug-likeness (QED) is 0.884. The van der Waals surface area contributed by atoms with Crippen molar-refractivity contribution in [2.24, 2.45) is 0 Å². The lowest BCUT2D eigenvalue weighted by molar-refractivity contribution is 0.251. The predicted molar refractivity (Wildman–Crippen MR) is 81.3 cm³/mol. The van der Waals surface area contributed by atoms with Crippen LogP contribution in [0.5, 0.6) is 0 Å². The number of aromatic nitrogens is 2. The lowest BCUT2D eigenvalue weighted by Crippen LogP contribution is -2.33. The molecule has 2 N–H and O–H groups in total. The van der Waals surface area contributed by atoms with Crippen molar-refractivity contribution >= 4 is 11.7 Å². The van der Waals surface area contributed by atoms with Crippen molar-refractivity contribution in [2.45, 2.75) is 19.9 Å². The normalized spacial score (nSPS) is 10.3. The van der Waals surface area contributed by atoms with Gasteiger partial charge in [0, 0.05) is 30.5 Å². The molecule has 2 aromatic rings. The first-order valence-electron chi connectivity index (χ1n) is 6.94. The van der Waals surface area contributed by atoms with Crippen molar-refractivity contribution in [3.8, 4) is 0 Å². The second kappa shape index (κ2) is 7.35. The van der Waals surface area contributed by atoms with Gasteiger partial charge in [-0.15, -0.1) is 0 Å². The molecule has 0 saturated heterocycles. The number of halogens is 1. The van der Waals surface area contributed by atoms with Gasteiger partial charge < -0.3 is 10.6 Å². The second-order valence-electron chi connectivity index (χ2n) is 4.66. The molecule has 0 bridgehead atoms. The van der Waals surface area contributed by atoms with Gasteiger partial charge >= 0.3 is 6.03 Å². The highest BCUT2D eigenvalue weighted by Gasteiger charge is 2.03. The largest absolute Gasteiger partial charge is 0.336 e. The van der Waals surface area contributed by atoms with Gasteiger partial charge in [-0.05, 0) is 24.6 Å². The highest BCUT2D eigenvalue weighted by atomic mass is 19.1. The lowest BCUT2D eigenvalue weighted by atomic mass is 10.3. The van der Waals surface area contributed by atoms with Crippen molar-refractivity contribution in [3.05, 3.63) is 58.5 Å². The van der Waals surface area contributed by atoms with Crippen LogP contribution >= 0.6 is 0 Å². The molecular weight excluding hydrogens is 287 g/mol. The number of hydrogen-bond acceptors (Lipinski definition) is 3. The van der Waals surface area contributed by atoms with E-state index in [1.807, 2.05) is 6.92 Å². The molecule has 6 nitrogen and oxygen atoms in total. The predicted octanol–water partition coefficient (Wildman–Crippen LogP) is 1.77. The molecule has 0 radical (unpaired) electrons. The molecule has 2 amide bonds. The zero-order chi connectivity index (χ0) is 15.9. The van der Waals surface area contributed by atoms with E-state index in [0.29, 0.717) is 18.7 Å². The Labute approximate surface area is 127 Å². The van der Waals surface area contributed by atoms with Crippen LogP contribution in [-0.4, -0.2) is 22.1 Å². The first-order valence-corrected chi connectivity index (χ1v) is 6.94. The Balaban J connectivity index is 1.83. The molecule has 0 unspecified atom stereocenters. The summed E-state index contributed by atoms with van der Waals surface area (Å²) in [5, 5.41) is 5.10. The molecule has 0 fully saturated rings. The third-order valence-corrected chi connectivity index (χ3v) is 3.02. The van der Waals surface area contributed by atoms with E-state index in [2.05, 4.69) is 15.6 Å². The zero-order valence-corrected chi connectivity index (χ0v) is 12.2. The fraction of sp³-hybridized carbons (Fsp3) is 0.267. The van der Waals surface area contributed by atoms with Gasteiger partial charge in [0.05, 0.1) is 6.33 Å². The van der Waals surface area contributed by atoms with Crippen LogP contribution in [0, 0.1) is 5.82 Å². The number of rotatable bonds is 5. The Kier molecular flexibility index (Phi) is 5.24. The summed E-state index contributed by atoms with van der Waals surface area (Å²) in [6, 6.07) is 6.62. The highest BCUT2D eigenvalue weighted by Crippen LogP contribution is 2.08. The van der Waals surface area contributed by atoms with Crippen LogP contribution in [0.15, 0.2) is 41.5 Å². The minimum atomic E-state index is -0.461. The summed E-state index contributed by atoms with van der Waals surface area (Å²) in [6.45, 7) is 2.49. The molecule has 0 spiro atoms. The average Bonchev–Trinajstić information content (AvgIpc) is 2.48. The summed E-state index contributed by atoms with van der Waals surface area (Å²) in [7, 11) is 0. The summed E-state index contributed by atoms with van der Waals surface area (Å²) in [5.74, 6) is -0.425. The number of benzene rings is 1. The van der Waals surface area contributed by atoms with Crippen molar-refractivity contribution in [1.82, 2.24) is 14.9 Å². The van der Waals surface area contributed by atoms with Gasteiger partial charge in [-0.1, -0.05) is 13.0 Å². The number of nitrogens with one attached hydrogen (secondary N) is 2. The monoisotopic (exact) mass is 304 g/mol. The third kappa shape index (κ3) is 4.41. The van der Waals surface area contributed by atoms with Crippen molar-refractivity contribution < 1.29 is 9.18 Å². The van der Waals surface area contributed by atoms with E-state index in [9.17, 15) is 14.0 Å². The number of amides is 2. The van der Waals surface area contributed by atoms with Gasteiger partial charge in [0.2, 0.25) is 0 Å². The van der Waals surface area contributed by atoms with Gasteiger partial charge in [-0.25, -0.2) is 14.2 Å². The topological polar surface area (TPSA) is 76.0 Å². The first kappa shape index (κ1) is 15.7. The Bertz CT molecular complexity index is 715. The molecule has 116 valence electrons. The molecule has 0 atom stereocenters. The molecule has 1 aromatic carbocycles. The van der Waals surface area contributed by atoms with Crippen molar-refractivity contribution in [1.29, 1.82) is 0 Å². The Hall–Kier alpha value is -2.70. The summed E-state index contributed by atoms with van der Waals surface area (Å²) >= 11 is 0. The minimum Gasteiger partial charge on any atom is -0.336 e. The van der Waals surface area contributed by atoms with Crippen LogP contribution in [0.2, 0.25) is 0 Å². The molecule has 0 saturated carbocycles. The highest BCUT2D eigenvalue weighted by molar-refractivity contribution is 5.89. The van der Waals surface area contributed by atoms with Crippen molar-refractivity contribution in [2.75, 3.05) is 11.9 Å². The molecule has 2 rings (SSSR count). The van der Waals surface area contributed by atoms with E-state index in [1.54, 1.807) is 6.07 Å². The molecule has 1 heterocycles. The van der Waals surface area contributed by atoms with Crippen molar-refractivity contribution in [3.63, 3.8) is 0 Å². The number of urea groups is 1. The smallest absolute Gasteiger partial charge is 0.319 e. The van der Waals surface area contributed by atoms with E-state index < -0.39 is 11.8 Å². The second-order valence-corrected chi connectivity index (χ2v) is 4.66. The Morgan fingerprint density at radius 3 is 2.86 bits per heavy atom. The van der Waals surface area contributed by atoms with Gasteiger partial charge in [0.1, 0.15) is 5.82 Å². The maximum atomic E-state index is 13.0. The molecule has 1 aromatic heterocycles. The molecule has 0 aliphatic heterocycles. The lowest BCUT2D eigenvalue weighted by Gasteiger charge is -2.09. The van der Waals surface area contributed by atoms with Crippen LogP contribution in [0.4, 0.5) is 14.9 Å². The van der Waals surface area contributed by atoms with Crippen LogP contribution in [-0.2, 0) is 13.0 Å². The summed E-state index contributed by atoms with van der Waals surface area (Å²) < 4.78 is 14.4. The standard InChI is InChI=1S/C15H17FN4O2/c1-2-12-9-14(21)20(10-18-12)7-6-17-15(22)19-13-5-3-4-11(16)8-13/h3-5,8-10H,2,6-7H2,1H3,(H2,17,19,22). The Morgan fingerprint density at radius 2 is 2.18 bits per heavy atom. The van der Waals surface area contributed by atoms with Gasteiger partial charge in [0.25, 0.3) is 5.56 Å². The molecule has 22 heavy (non-hydrogen) atoms. The number of carbonyl (C=O) groups excluding carboxylic acids is 1. The third-order valence-electron chi connectivity index (χ3n) is 3.02. The van der Waals surface area contributed by atoms with Crippen LogP contribution < -0.4 is 16.2 Å². The van der Waals surface area contributed by atoms with Crippen LogP contribution in [0.25, 0.3) is 0 Å². The van der Waals surface area contributed by atoms with Gasteiger partial charge in [-0.3, -0.25) is 9.36 Å².